The van der Waals surface area contributed by atoms with Crippen LogP contribution in [0.1, 0.15) is 10.4 Å². The van der Waals surface area contributed by atoms with E-state index in [4.69, 9.17) is 27.9 Å². The molecular formula is C15H10Cl2N2O5. The number of hydrogen-bond acceptors (Lipinski definition) is 5. The van der Waals surface area contributed by atoms with E-state index in [-0.39, 0.29) is 16.3 Å². The fraction of sp³-hybridized carbons (Fsp3) is 0.0667. The molecule has 1 amide bonds. The van der Waals surface area contributed by atoms with Crippen LogP contribution in [0.4, 0.5) is 11.4 Å². The summed E-state index contributed by atoms with van der Waals surface area (Å²) in [6, 6.07) is 9.78. The van der Waals surface area contributed by atoms with E-state index in [1.54, 1.807) is 18.2 Å². The summed E-state index contributed by atoms with van der Waals surface area (Å²) < 4.78 is 4.84. The summed E-state index contributed by atoms with van der Waals surface area (Å²) in [7, 11) is 0. The van der Waals surface area contributed by atoms with Crippen LogP contribution in [0.5, 0.6) is 0 Å². The lowest BCUT2D eigenvalue weighted by Gasteiger charge is -2.07. The summed E-state index contributed by atoms with van der Waals surface area (Å²) in [6.45, 7) is -0.543. The van der Waals surface area contributed by atoms with Gasteiger partial charge in [0.25, 0.3) is 11.6 Å². The molecule has 0 aliphatic heterocycles. The number of amides is 1. The van der Waals surface area contributed by atoms with Gasteiger partial charge >= 0.3 is 5.97 Å². The topological polar surface area (TPSA) is 98.5 Å². The van der Waals surface area contributed by atoms with E-state index in [1.807, 2.05) is 0 Å². The molecule has 0 aliphatic carbocycles. The van der Waals surface area contributed by atoms with E-state index in [1.165, 1.54) is 6.07 Å². The van der Waals surface area contributed by atoms with Crippen LogP contribution in [-0.2, 0) is 9.53 Å². The predicted octanol–water partition coefficient (Wildman–Crippen LogP) is 3.70. The molecule has 1 N–H and O–H groups in total. The Hall–Kier alpha value is -2.64. The molecule has 0 unspecified atom stereocenters. The number of hydrogen-bond donors (Lipinski definition) is 1. The lowest BCUT2D eigenvalue weighted by Crippen LogP contribution is -2.21. The van der Waals surface area contributed by atoms with Gasteiger partial charge in [-0.1, -0.05) is 29.3 Å². The Morgan fingerprint density at radius 2 is 1.92 bits per heavy atom. The number of nitro groups is 1. The average Bonchev–Trinajstić information content (AvgIpc) is 2.52. The van der Waals surface area contributed by atoms with E-state index in [2.05, 4.69) is 5.32 Å². The predicted molar refractivity (Wildman–Crippen MR) is 88.5 cm³/mol. The van der Waals surface area contributed by atoms with Gasteiger partial charge in [-0.15, -0.1) is 0 Å². The minimum Gasteiger partial charge on any atom is -0.452 e. The first-order chi connectivity index (χ1) is 11.4. The lowest BCUT2D eigenvalue weighted by molar-refractivity contribution is -0.384. The molecule has 0 saturated heterocycles. The second-order valence-corrected chi connectivity index (χ2v) is 5.40. The number of halogens is 2. The van der Waals surface area contributed by atoms with Gasteiger partial charge in [-0.3, -0.25) is 14.9 Å². The Morgan fingerprint density at radius 3 is 2.54 bits per heavy atom. The number of benzene rings is 2. The molecule has 0 heterocycles. The molecule has 0 spiro atoms. The minimum absolute atomic E-state index is 0.0715. The zero-order chi connectivity index (χ0) is 17.7. The number of nitrogens with one attached hydrogen (secondary N) is 1. The Kier molecular flexibility index (Phi) is 5.73. The van der Waals surface area contributed by atoms with Gasteiger partial charge in [-0.05, 0) is 24.3 Å². The van der Waals surface area contributed by atoms with Gasteiger partial charge in [-0.2, -0.15) is 0 Å². The van der Waals surface area contributed by atoms with Gasteiger partial charge in [0.2, 0.25) is 0 Å². The normalized spacial score (nSPS) is 10.1. The van der Waals surface area contributed by atoms with Gasteiger partial charge in [0, 0.05) is 22.8 Å². The number of carbonyl (C=O) groups is 2. The first kappa shape index (κ1) is 17.7. The molecule has 0 atom stereocenters. The molecule has 0 aromatic heterocycles. The second-order valence-electron chi connectivity index (χ2n) is 4.56. The van der Waals surface area contributed by atoms with Gasteiger partial charge in [-0.25, -0.2) is 4.79 Å². The molecule has 2 rings (SSSR count). The van der Waals surface area contributed by atoms with Gasteiger partial charge in [0.1, 0.15) is 0 Å². The first-order valence-corrected chi connectivity index (χ1v) is 7.29. The molecule has 0 saturated carbocycles. The van der Waals surface area contributed by atoms with Crippen molar-refractivity contribution in [2.75, 3.05) is 11.9 Å². The zero-order valence-corrected chi connectivity index (χ0v) is 13.5. The average molecular weight is 369 g/mol. The number of carbonyl (C=O) groups excluding carboxylic acids is 2. The number of esters is 1. The van der Waals surface area contributed by atoms with Crippen molar-refractivity contribution in [1.82, 2.24) is 0 Å². The highest BCUT2D eigenvalue weighted by molar-refractivity contribution is 6.33. The first-order valence-electron chi connectivity index (χ1n) is 6.53. The molecule has 0 aliphatic rings. The third-order valence-corrected chi connectivity index (χ3v) is 3.37. The summed E-state index contributed by atoms with van der Waals surface area (Å²) in [5, 5.41) is 13.4. The summed E-state index contributed by atoms with van der Waals surface area (Å²) in [5.74, 6) is -1.43. The van der Waals surface area contributed by atoms with E-state index < -0.39 is 23.4 Å². The summed E-state index contributed by atoms with van der Waals surface area (Å²) in [5.41, 5.74) is 0.130. The van der Waals surface area contributed by atoms with Crippen molar-refractivity contribution < 1.29 is 19.2 Å². The van der Waals surface area contributed by atoms with E-state index in [9.17, 15) is 19.7 Å². The molecule has 24 heavy (non-hydrogen) atoms. The largest absolute Gasteiger partial charge is 0.452 e. The van der Waals surface area contributed by atoms with Crippen LogP contribution in [0.2, 0.25) is 10.0 Å². The molecule has 0 fully saturated rings. The molecule has 0 radical (unpaired) electrons. The number of nitrogens with zero attached hydrogens (tertiary/aromatic N) is 1. The second kappa shape index (κ2) is 7.76. The maximum atomic E-state index is 11.9. The third kappa shape index (κ3) is 4.68. The molecule has 124 valence electrons. The van der Waals surface area contributed by atoms with Crippen molar-refractivity contribution >= 4 is 46.5 Å². The van der Waals surface area contributed by atoms with Crippen LogP contribution in [0.3, 0.4) is 0 Å². The van der Waals surface area contributed by atoms with Crippen LogP contribution in [0.25, 0.3) is 0 Å². The van der Waals surface area contributed by atoms with Crippen molar-refractivity contribution in [2.45, 2.75) is 0 Å². The van der Waals surface area contributed by atoms with Crippen LogP contribution in [0, 0.1) is 10.1 Å². The van der Waals surface area contributed by atoms with Gasteiger partial charge in [0.15, 0.2) is 6.61 Å². The molecule has 2 aromatic rings. The summed E-state index contributed by atoms with van der Waals surface area (Å²) in [4.78, 5) is 33.6. The fourth-order valence-electron chi connectivity index (χ4n) is 1.76. The number of anilines is 1. The number of non-ortho nitro benzene ring substituents is 1. The summed E-state index contributed by atoms with van der Waals surface area (Å²) in [6.07, 6.45) is 0. The lowest BCUT2D eigenvalue weighted by atomic mass is 10.2. The fourth-order valence-corrected chi connectivity index (χ4v) is 2.20. The molecule has 0 bridgehead atoms. The highest BCUT2D eigenvalue weighted by Gasteiger charge is 2.17. The Labute approximate surface area is 146 Å². The number of nitro benzene ring substituents is 1. The SMILES string of the molecule is O=C(COC(=O)c1ccc([N+](=O)[O-])cc1Cl)Nc1cccc(Cl)c1. The minimum atomic E-state index is -0.865. The number of ether oxygens (including phenoxy) is 1. The van der Waals surface area contributed by atoms with E-state index in [0.717, 1.165) is 18.2 Å². The van der Waals surface area contributed by atoms with Crippen LogP contribution < -0.4 is 5.32 Å². The maximum absolute atomic E-state index is 11.9. The zero-order valence-electron chi connectivity index (χ0n) is 12.0. The Bertz CT molecular complexity index is 810. The van der Waals surface area contributed by atoms with Crippen LogP contribution in [0.15, 0.2) is 42.5 Å². The smallest absolute Gasteiger partial charge is 0.340 e. The van der Waals surface area contributed by atoms with Gasteiger partial charge in [0.05, 0.1) is 15.5 Å². The van der Waals surface area contributed by atoms with Crippen molar-refractivity contribution in [3.05, 3.63) is 68.2 Å². The van der Waals surface area contributed by atoms with E-state index >= 15 is 0 Å². The van der Waals surface area contributed by atoms with E-state index in [0.29, 0.717) is 10.7 Å². The summed E-state index contributed by atoms with van der Waals surface area (Å²) >= 11 is 11.6. The molecule has 2 aromatic carbocycles. The molecule has 7 nitrogen and oxygen atoms in total. The van der Waals surface area contributed by atoms with Crippen molar-refractivity contribution in [2.24, 2.45) is 0 Å². The van der Waals surface area contributed by atoms with Crippen molar-refractivity contribution in [3.8, 4) is 0 Å². The molecule has 9 heteroatoms. The Morgan fingerprint density at radius 1 is 1.17 bits per heavy atom. The standard InChI is InChI=1S/C15H10Cl2N2O5/c16-9-2-1-3-10(6-9)18-14(20)8-24-15(21)12-5-4-11(19(22)23)7-13(12)17/h1-7H,8H2,(H,18,20). The highest BCUT2D eigenvalue weighted by atomic mass is 35.5. The highest BCUT2D eigenvalue weighted by Crippen LogP contribution is 2.23. The van der Waals surface area contributed by atoms with Crippen LogP contribution in [-0.4, -0.2) is 23.4 Å². The van der Waals surface area contributed by atoms with Gasteiger partial charge < -0.3 is 10.1 Å². The monoisotopic (exact) mass is 368 g/mol. The Balaban J connectivity index is 1.95. The molecular weight excluding hydrogens is 359 g/mol. The third-order valence-electron chi connectivity index (χ3n) is 2.83. The maximum Gasteiger partial charge on any atom is 0.340 e. The number of rotatable bonds is 5. The van der Waals surface area contributed by atoms with Crippen LogP contribution >= 0.6 is 23.2 Å². The van der Waals surface area contributed by atoms with Crippen molar-refractivity contribution in [1.29, 1.82) is 0 Å². The van der Waals surface area contributed by atoms with Crippen molar-refractivity contribution in [3.63, 3.8) is 0 Å². The quantitative estimate of drug-likeness (QED) is 0.492.